The third-order valence-corrected chi connectivity index (χ3v) is 3.66. The van der Waals surface area contributed by atoms with E-state index in [0.29, 0.717) is 18.1 Å². The van der Waals surface area contributed by atoms with Crippen molar-refractivity contribution in [2.24, 2.45) is 0 Å². The Morgan fingerprint density at radius 3 is 2.88 bits per heavy atom. The third-order valence-electron chi connectivity index (χ3n) is 3.66. The fourth-order valence-electron chi connectivity index (χ4n) is 2.49. The summed E-state index contributed by atoms with van der Waals surface area (Å²) in [5.41, 5.74) is 0. The van der Waals surface area contributed by atoms with Crippen LogP contribution in [-0.2, 0) is 0 Å². The third kappa shape index (κ3) is 2.80. The van der Waals surface area contributed by atoms with E-state index < -0.39 is 0 Å². The lowest BCUT2D eigenvalue weighted by Crippen LogP contribution is -2.38. The van der Waals surface area contributed by atoms with Crippen LogP contribution in [0.5, 0.6) is 0 Å². The van der Waals surface area contributed by atoms with Gasteiger partial charge in [0.25, 0.3) is 0 Å². The van der Waals surface area contributed by atoms with E-state index in [2.05, 4.69) is 53.8 Å². The van der Waals surface area contributed by atoms with Gasteiger partial charge in [-0.1, -0.05) is 0 Å². The first-order chi connectivity index (χ1) is 8.08. The van der Waals surface area contributed by atoms with Gasteiger partial charge >= 0.3 is 0 Å². The normalized spacial score (nSPS) is 26.4. The highest BCUT2D eigenvalue weighted by atomic mass is 15.2. The van der Waals surface area contributed by atoms with Gasteiger partial charge < -0.3 is 14.8 Å². The Kier molecular flexibility index (Phi) is 3.72. The van der Waals surface area contributed by atoms with E-state index in [-0.39, 0.29) is 0 Å². The first-order valence-electron chi connectivity index (χ1n) is 6.57. The average Bonchev–Trinajstić information content (AvgIpc) is 2.69. The quantitative estimate of drug-likeness (QED) is 0.874. The van der Waals surface area contributed by atoms with Gasteiger partial charge in [0, 0.05) is 37.1 Å². The van der Waals surface area contributed by atoms with Crippen LogP contribution in [0.2, 0.25) is 0 Å². The number of hydrogen-bond donors (Lipinski definition) is 1. The van der Waals surface area contributed by atoms with Crippen LogP contribution in [-0.4, -0.2) is 40.1 Å². The van der Waals surface area contributed by atoms with Crippen LogP contribution in [0, 0.1) is 0 Å². The summed E-state index contributed by atoms with van der Waals surface area (Å²) in [5.74, 6) is 1.02. The minimum absolute atomic E-state index is 0.430. The molecule has 1 N–H and O–H groups in total. The SMILES string of the molecule is CC(C)Nc1nccn1C1CCN(C)C(C)C1. The van der Waals surface area contributed by atoms with Gasteiger partial charge in [-0.2, -0.15) is 0 Å². The summed E-state index contributed by atoms with van der Waals surface area (Å²) in [6.07, 6.45) is 6.42. The summed E-state index contributed by atoms with van der Waals surface area (Å²) in [4.78, 5) is 6.85. The van der Waals surface area contributed by atoms with E-state index in [1.54, 1.807) is 0 Å². The van der Waals surface area contributed by atoms with Gasteiger partial charge in [0.15, 0.2) is 0 Å². The lowest BCUT2D eigenvalue weighted by Gasteiger charge is -2.36. The molecule has 0 aromatic carbocycles. The van der Waals surface area contributed by atoms with E-state index in [1.165, 1.54) is 19.4 Å². The molecular formula is C13H24N4. The van der Waals surface area contributed by atoms with Gasteiger partial charge in [-0.05, 0) is 40.7 Å². The molecule has 1 aliphatic heterocycles. The molecule has 2 unspecified atom stereocenters. The molecule has 0 bridgehead atoms. The molecule has 2 atom stereocenters. The highest BCUT2D eigenvalue weighted by Gasteiger charge is 2.25. The van der Waals surface area contributed by atoms with Crippen LogP contribution in [0.4, 0.5) is 5.95 Å². The average molecular weight is 236 g/mol. The zero-order chi connectivity index (χ0) is 12.4. The molecule has 0 amide bonds. The second-order valence-electron chi connectivity index (χ2n) is 5.46. The van der Waals surface area contributed by atoms with Crippen LogP contribution in [0.1, 0.15) is 39.7 Å². The van der Waals surface area contributed by atoms with Crippen molar-refractivity contribution in [1.82, 2.24) is 14.5 Å². The number of hydrogen-bond acceptors (Lipinski definition) is 3. The van der Waals surface area contributed by atoms with Gasteiger partial charge in [0.05, 0.1) is 0 Å². The molecule has 1 aliphatic rings. The van der Waals surface area contributed by atoms with Crippen molar-refractivity contribution in [2.45, 2.75) is 51.7 Å². The molecule has 4 heteroatoms. The summed E-state index contributed by atoms with van der Waals surface area (Å²) in [7, 11) is 2.21. The van der Waals surface area contributed by atoms with Gasteiger partial charge in [0.2, 0.25) is 5.95 Å². The van der Waals surface area contributed by atoms with Gasteiger partial charge in [-0.25, -0.2) is 4.98 Å². The highest BCUT2D eigenvalue weighted by molar-refractivity contribution is 5.28. The Balaban J connectivity index is 2.09. The number of rotatable bonds is 3. The minimum atomic E-state index is 0.430. The molecule has 1 saturated heterocycles. The number of likely N-dealkylation sites (tertiary alicyclic amines) is 1. The number of piperidine rings is 1. The van der Waals surface area contributed by atoms with Gasteiger partial charge in [0.1, 0.15) is 0 Å². The van der Waals surface area contributed by atoms with E-state index in [0.717, 1.165) is 5.95 Å². The van der Waals surface area contributed by atoms with Gasteiger partial charge in [-0.3, -0.25) is 0 Å². The molecule has 1 aromatic rings. The maximum Gasteiger partial charge on any atom is 0.203 e. The molecule has 1 fully saturated rings. The number of anilines is 1. The number of aromatic nitrogens is 2. The first kappa shape index (κ1) is 12.4. The molecule has 4 nitrogen and oxygen atoms in total. The van der Waals surface area contributed by atoms with Crippen molar-refractivity contribution >= 4 is 5.95 Å². The Labute approximate surface area is 104 Å². The topological polar surface area (TPSA) is 33.1 Å². The van der Waals surface area contributed by atoms with E-state index >= 15 is 0 Å². The fourth-order valence-corrected chi connectivity index (χ4v) is 2.49. The molecular weight excluding hydrogens is 212 g/mol. The summed E-state index contributed by atoms with van der Waals surface area (Å²) in [6, 6.07) is 1.67. The van der Waals surface area contributed by atoms with Crippen molar-refractivity contribution in [3.8, 4) is 0 Å². The first-order valence-corrected chi connectivity index (χ1v) is 6.57. The molecule has 17 heavy (non-hydrogen) atoms. The number of nitrogens with zero attached hydrogens (tertiary/aromatic N) is 3. The van der Waals surface area contributed by atoms with Crippen molar-refractivity contribution in [3.05, 3.63) is 12.4 Å². The molecule has 96 valence electrons. The van der Waals surface area contributed by atoms with Crippen LogP contribution < -0.4 is 5.32 Å². The number of nitrogens with one attached hydrogen (secondary N) is 1. The second kappa shape index (κ2) is 5.08. The van der Waals surface area contributed by atoms with Crippen molar-refractivity contribution in [1.29, 1.82) is 0 Å². The van der Waals surface area contributed by atoms with Crippen LogP contribution in [0.25, 0.3) is 0 Å². The number of imidazole rings is 1. The standard InChI is InChI=1S/C13H24N4/c1-10(2)15-13-14-6-8-17(13)12-5-7-16(4)11(3)9-12/h6,8,10-12H,5,7,9H2,1-4H3,(H,14,15). The van der Waals surface area contributed by atoms with Crippen molar-refractivity contribution in [3.63, 3.8) is 0 Å². The van der Waals surface area contributed by atoms with Gasteiger partial charge in [-0.15, -0.1) is 0 Å². The molecule has 0 spiro atoms. The van der Waals surface area contributed by atoms with Crippen molar-refractivity contribution < 1.29 is 0 Å². The summed E-state index contributed by atoms with van der Waals surface area (Å²) in [5, 5.41) is 3.41. The molecule has 0 saturated carbocycles. The van der Waals surface area contributed by atoms with E-state index in [1.807, 2.05) is 6.20 Å². The largest absolute Gasteiger partial charge is 0.353 e. The zero-order valence-corrected chi connectivity index (χ0v) is 11.3. The maximum atomic E-state index is 4.41. The lowest BCUT2D eigenvalue weighted by molar-refractivity contribution is 0.157. The monoisotopic (exact) mass is 236 g/mol. The zero-order valence-electron chi connectivity index (χ0n) is 11.3. The Morgan fingerprint density at radius 1 is 1.47 bits per heavy atom. The van der Waals surface area contributed by atoms with Crippen molar-refractivity contribution in [2.75, 3.05) is 18.9 Å². The fraction of sp³-hybridized carbons (Fsp3) is 0.769. The Hall–Kier alpha value is -1.03. The van der Waals surface area contributed by atoms with Crippen LogP contribution in [0.15, 0.2) is 12.4 Å². The van der Waals surface area contributed by atoms with Crippen LogP contribution >= 0.6 is 0 Å². The summed E-state index contributed by atoms with van der Waals surface area (Å²) < 4.78 is 2.31. The summed E-state index contributed by atoms with van der Waals surface area (Å²) >= 11 is 0. The van der Waals surface area contributed by atoms with E-state index in [4.69, 9.17) is 0 Å². The molecule has 2 rings (SSSR count). The lowest BCUT2D eigenvalue weighted by atomic mass is 9.99. The Morgan fingerprint density at radius 2 is 2.24 bits per heavy atom. The smallest absolute Gasteiger partial charge is 0.203 e. The highest BCUT2D eigenvalue weighted by Crippen LogP contribution is 2.28. The van der Waals surface area contributed by atoms with E-state index in [9.17, 15) is 0 Å². The maximum absolute atomic E-state index is 4.41. The summed E-state index contributed by atoms with van der Waals surface area (Å²) in [6.45, 7) is 7.77. The molecule has 0 radical (unpaired) electrons. The minimum Gasteiger partial charge on any atom is -0.353 e. The Bertz CT molecular complexity index is 358. The second-order valence-corrected chi connectivity index (χ2v) is 5.46. The molecule has 0 aliphatic carbocycles. The molecule has 1 aromatic heterocycles. The van der Waals surface area contributed by atoms with Crippen LogP contribution in [0.3, 0.4) is 0 Å². The molecule has 2 heterocycles. The predicted molar refractivity (Wildman–Crippen MR) is 71.3 cm³/mol. The predicted octanol–water partition coefficient (Wildman–Crippen LogP) is 2.36.